The molecule has 2 fully saturated rings. The second kappa shape index (κ2) is 13.6. The molecule has 0 bridgehead atoms. The van der Waals surface area contributed by atoms with Crippen LogP contribution in [0.25, 0.3) is 0 Å². The number of unbranched alkanes of at least 4 members (excludes halogenated alkanes) is 5. The summed E-state index contributed by atoms with van der Waals surface area (Å²) < 4.78 is 12.1. The lowest BCUT2D eigenvalue weighted by Gasteiger charge is -2.35. The summed E-state index contributed by atoms with van der Waals surface area (Å²) in [6.45, 7) is 4.96. The Balaban J connectivity index is 1.53. The molecule has 2 rings (SSSR count). The Bertz CT molecular complexity index is 428. The third-order valence-electron chi connectivity index (χ3n) is 7.25. The van der Waals surface area contributed by atoms with Crippen LogP contribution in [-0.4, -0.2) is 19.0 Å². The van der Waals surface area contributed by atoms with Crippen molar-refractivity contribution in [2.24, 2.45) is 11.3 Å². The van der Waals surface area contributed by atoms with Crippen LogP contribution in [0.2, 0.25) is 0 Å². The zero-order chi connectivity index (χ0) is 20.1. The van der Waals surface area contributed by atoms with E-state index in [1.54, 1.807) is 0 Å². The molecule has 3 heteroatoms. The summed E-state index contributed by atoms with van der Waals surface area (Å²) in [5.41, 5.74) is -0.0780. The van der Waals surface area contributed by atoms with Gasteiger partial charge in [0.2, 0.25) is 0 Å². The van der Waals surface area contributed by atoms with Gasteiger partial charge in [0, 0.05) is 0 Å². The van der Waals surface area contributed by atoms with E-state index in [1.807, 2.05) is 0 Å². The molecule has 2 saturated carbocycles. The van der Waals surface area contributed by atoms with Gasteiger partial charge in [0.1, 0.15) is 6.79 Å². The van der Waals surface area contributed by atoms with E-state index < -0.39 is 0 Å². The molecule has 162 valence electrons. The van der Waals surface area contributed by atoms with E-state index in [9.17, 15) is 5.26 Å². The molecule has 0 spiro atoms. The van der Waals surface area contributed by atoms with Gasteiger partial charge in [-0.1, -0.05) is 65.2 Å². The normalized spacial score (nSPS) is 30.8. The molecule has 0 amide bonds. The minimum atomic E-state index is -0.0780. The van der Waals surface area contributed by atoms with Crippen LogP contribution in [0.1, 0.15) is 123 Å². The highest BCUT2D eigenvalue weighted by molar-refractivity contribution is 5.01. The Morgan fingerprint density at radius 1 is 0.786 bits per heavy atom. The lowest BCUT2D eigenvalue weighted by atomic mass is 9.71. The van der Waals surface area contributed by atoms with Gasteiger partial charge in [-0.15, -0.1) is 0 Å². The van der Waals surface area contributed by atoms with E-state index >= 15 is 0 Å². The highest BCUT2D eigenvalue weighted by atomic mass is 16.7. The van der Waals surface area contributed by atoms with Crippen molar-refractivity contribution >= 4 is 0 Å². The van der Waals surface area contributed by atoms with Gasteiger partial charge in [0.15, 0.2) is 0 Å². The quantitative estimate of drug-likeness (QED) is 0.240. The van der Waals surface area contributed by atoms with Gasteiger partial charge in [0.05, 0.1) is 23.7 Å². The van der Waals surface area contributed by atoms with Crippen LogP contribution in [0.3, 0.4) is 0 Å². The van der Waals surface area contributed by atoms with Crippen LogP contribution in [0.5, 0.6) is 0 Å². The molecule has 0 saturated heterocycles. The first kappa shape index (κ1) is 23.7. The molecule has 2 aliphatic rings. The van der Waals surface area contributed by atoms with Crippen LogP contribution in [0.15, 0.2) is 0 Å². The summed E-state index contributed by atoms with van der Waals surface area (Å²) in [7, 11) is 0. The fourth-order valence-electron chi connectivity index (χ4n) is 5.12. The monoisotopic (exact) mass is 391 g/mol. The van der Waals surface area contributed by atoms with Crippen molar-refractivity contribution < 1.29 is 9.47 Å². The van der Waals surface area contributed by atoms with Crippen molar-refractivity contribution in [1.29, 1.82) is 5.26 Å². The van der Waals surface area contributed by atoms with Crippen molar-refractivity contribution in [3.8, 4) is 6.07 Å². The average Bonchev–Trinajstić information content (AvgIpc) is 2.74. The molecule has 0 aliphatic heterocycles. The molecule has 3 nitrogen and oxygen atoms in total. The van der Waals surface area contributed by atoms with Crippen molar-refractivity contribution in [2.45, 2.75) is 135 Å². The van der Waals surface area contributed by atoms with Gasteiger partial charge in [-0.05, 0) is 63.7 Å². The second-order valence-electron chi connectivity index (χ2n) is 9.49. The second-order valence-corrected chi connectivity index (χ2v) is 9.49. The predicted molar refractivity (Wildman–Crippen MR) is 116 cm³/mol. The number of rotatable bonds is 13. The SMILES string of the molecule is CCCCCCC1CCC(OCOC2CCC(C#N)(CCCCC)CC2)CC1. The maximum Gasteiger partial charge on any atom is 0.147 e. The summed E-state index contributed by atoms with van der Waals surface area (Å²) in [5, 5.41) is 9.66. The fourth-order valence-corrected chi connectivity index (χ4v) is 5.12. The Morgan fingerprint density at radius 3 is 2.00 bits per heavy atom. The third-order valence-corrected chi connectivity index (χ3v) is 7.25. The highest BCUT2D eigenvalue weighted by Crippen LogP contribution is 2.41. The van der Waals surface area contributed by atoms with E-state index in [0.717, 1.165) is 38.0 Å². The van der Waals surface area contributed by atoms with Crippen LogP contribution in [-0.2, 0) is 9.47 Å². The van der Waals surface area contributed by atoms with Crippen molar-refractivity contribution in [1.82, 2.24) is 0 Å². The van der Waals surface area contributed by atoms with E-state index in [1.165, 1.54) is 77.0 Å². The molecule has 0 unspecified atom stereocenters. The number of nitriles is 1. The summed E-state index contributed by atoms with van der Waals surface area (Å²) in [5.74, 6) is 0.933. The zero-order valence-corrected chi connectivity index (χ0v) is 18.7. The lowest BCUT2D eigenvalue weighted by molar-refractivity contribution is -0.137. The topological polar surface area (TPSA) is 42.2 Å². The van der Waals surface area contributed by atoms with Gasteiger partial charge in [-0.3, -0.25) is 0 Å². The third kappa shape index (κ3) is 8.42. The first-order valence-corrected chi connectivity index (χ1v) is 12.4. The molecule has 28 heavy (non-hydrogen) atoms. The molecule has 0 atom stereocenters. The summed E-state index contributed by atoms with van der Waals surface area (Å²) >= 11 is 0. The smallest absolute Gasteiger partial charge is 0.147 e. The molecular weight excluding hydrogens is 346 g/mol. The van der Waals surface area contributed by atoms with E-state index in [2.05, 4.69) is 19.9 Å². The largest absolute Gasteiger partial charge is 0.352 e. The fraction of sp³-hybridized carbons (Fsp3) is 0.960. The lowest BCUT2D eigenvalue weighted by Crippen LogP contribution is -2.31. The van der Waals surface area contributed by atoms with E-state index in [4.69, 9.17) is 9.47 Å². The highest BCUT2D eigenvalue weighted by Gasteiger charge is 2.35. The molecule has 0 aromatic rings. The Hall–Kier alpha value is -0.590. The first-order valence-electron chi connectivity index (χ1n) is 12.4. The molecule has 2 aliphatic carbocycles. The zero-order valence-electron chi connectivity index (χ0n) is 18.7. The molecule has 0 aromatic heterocycles. The van der Waals surface area contributed by atoms with Gasteiger partial charge < -0.3 is 9.47 Å². The minimum absolute atomic E-state index is 0.0780. The predicted octanol–water partition coefficient (Wildman–Crippen LogP) is 7.54. The van der Waals surface area contributed by atoms with Gasteiger partial charge in [-0.2, -0.15) is 5.26 Å². The minimum Gasteiger partial charge on any atom is -0.352 e. The van der Waals surface area contributed by atoms with Crippen LogP contribution in [0.4, 0.5) is 0 Å². The molecule has 0 aromatic carbocycles. The summed E-state index contributed by atoms with van der Waals surface area (Å²) in [4.78, 5) is 0. The molecule has 0 heterocycles. The average molecular weight is 392 g/mol. The number of hydrogen-bond acceptors (Lipinski definition) is 3. The number of nitrogens with zero attached hydrogens (tertiary/aromatic N) is 1. The molecule has 0 N–H and O–H groups in total. The van der Waals surface area contributed by atoms with E-state index in [0.29, 0.717) is 19.0 Å². The summed E-state index contributed by atoms with van der Waals surface area (Å²) in [6, 6.07) is 2.64. The van der Waals surface area contributed by atoms with Crippen LogP contribution < -0.4 is 0 Å². The van der Waals surface area contributed by atoms with Gasteiger partial charge >= 0.3 is 0 Å². The van der Waals surface area contributed by atoms with Crippen molar-refractivity contribution in [3.63, 3.8) is 0 Å². The van der Waals surface area contributed by atoms with Gasteiger partial charge in [-0.25, -0.2) is 0 Å². The van der Waals surface area contributed by atoms with Crippen molar-refractivity contribution in [3.05, 3.63) is 0 Å². The molecular formula is C25H45NO2. The maximum absolute atomic E-state index is 9.66. The number of ether oxygens (including phenoxy) is 2. The van der Waals surface area contributed by atoms with Crippen molar-refractivity contribution in [2.75, 3.05) is 6.79 Å². The first-order chi connectivity index (χ1) is 13.7. The Kier molecular flexibility index (Phi) is 11.5. The Morgan fingerprint density at radius 2 is 1.39 bits per heavy atom. The number of hydrogen-bond donors (Lipinski definition) is 0. The maximum atomic E-state index is 9.66. The van der Waals surface area contributed by atoms with Crippen LogP contribution >= 0.6 is 0 Å². The van der Waals surface area contributed by atoms with E-state index in [-0.39, 0.29) is 5.41 Å². The standard InChI is InChI=1S/C25H45NO2/c1-3-5-7-8-10-22-11-13-23(14-12-22)27-21-28-24-15-18-25(20-26,19-16-24)17-9-6-4-2/h22-24H,3-19,21H2,1-2H3. The summed E-state index contributed by atoms with van der Waals surface area (Å²) in [6.07, 6.45) is 21.5. The Labute approximate surface area is 174 Å². The van der Waals surface area contributed by atoms with Crippen LogP contribution in [0, 0.1) is 22.7 Å². The molecule has 0 radical (unpaired) electrons. The van der Waals surface area contributed by atoms with Gasteiger partial charge in [0.25, 0.3) is 0 Å².